The number of nitrogens with zero attached hydrogens (tertiary/aromatic N) is 3. The highest BCUT2D eigenvalue weighted by Crippen LogP contribution is 2.22. The van der Waals surface area contributed by atoms with E-state index in [1.54, 1.807) is 12.1 Å². The number of pyridine rings is 1. The van der Waals surface area contributed by atoms with Gasteiger partial charge in [-0.15, -0.1) is 0 Å². The van der Waals surface area contributed by atoms with Crippen LogP contribution in [-0.4, -0.2) is 20.6 Å². The van der Waals surface area contributed by atoms with Crippen molar-refractivity contribution < 1.29 is 9.32 Å². The van der Waals surface area contributed by atoms with Gasteiger partial charge in [-0.3, -0.25) is 9.59 Å². The summed E-state index contributed by atoms with van der Waals surface area (Å²) in [6.45, 7) is 2.11. The van der Waals surface area contributed by atoms with Gasteiger partial charge in [0.2, 0.25) is 11.7 Å². The lowest BCUT2D eigenvalue weighted by molar-refractivity contribution is -0.121. The van der Waals surface area contributed by atoms with Gasteiger partial charge in [0.25, 0.3) is 11.4 Å². The molecule has 0 unspecified atom stereocenters. The predicted molar refractivity (Wildman–Crippen MR) is 117 cm³/mol. The fraction of sp³-hybridized carbons (Fsp3) is 0.130. The van der Waals surface area contributed by atoms with Crippen molar-refractivity contribution >= 4 is 17.5 Å². The van der Waals surface area contributed by atoms with Crippen LogP contribution < -0.4 is 10.9 Å². The summed E-state index contributed by atoms with van der Waals surface area (Å²) in [6.07, 6.45) is 1.53. The van der Waals surface area contributed by atoms with Gasteiger partial charge < -0.3 is 14.4 Å². The fourth-order valence-electron chi connectivity index (χ4n) is 3.07. The molecule has 0 bridgehead atoms. The van der Waals surface area contributed by atoms with E-state index < -0.39 is 0 Å². The Labute approximate surface area is 183 Å². The molecule has 4 rings (SSSR count). The molecule has 0 fully saturated rings. The molecule has 0 saturated heterocycles. The molecule has 0 saturated carbocycles. The lowest BCUT2D eigenvalue weighted by Gasteiger charge is -2.09. The average molecular weight is 435 g/mol. The Morgan fingerprint density at radius 1 is 1.10 bits per heavy atom. The monoisotopic (exact) mass is 434 g/mol. The number of aromatic nitrogens is 3. The van der Waals surface area contributed by atoms with Gasteiger partial charge in [-0.1, -0.05) is 58.7 Å². The molecule has 0 aliphatic rings. The van der Waals surface area contributed by atoms with Crippen LogP contribution in [0, 0.1) is 6.92 Å². The molecule has 8 heteroatoms. The Morgan fingerprint density at radius 3 is 2.74 bits per heavy atom. The van der Waals surface area contributed by atoms with Gasteiger partial charge in [0.1, 0.15) is 6.54 Å². The summed E-state index contributed by atoms with van der Waals surface area (Å²) >= 11 is 6.11. The van der Waals surface area contributed by atoms with Gasteiger partial charge in [0.05, 0.1) is 5.56 Å². The molecule has 0 radical (unpaired) electrons. The predicted octanol–water partition coefficient (Wildman–Crippen LogP) is 3.84. The van der Waals surface area contributed by atoms with E-state index in [9.17, 15) is 9.59 Å². The maximum atomic E-state index is 12.4. The minimum Gasteiger partial charge on any atom is -0.350 e. The van der Waals surface area contributed by atoms with Crippen molar-refractivity contribution in [3.05, 3.63) is 93.4 Å². The molecule has 1 N–H and O–H groups in total. The smallest absolute Gasteiger partial charge is 0.259 e. The number of rotatable bonds is 6. The van der Waals surface area contributed by atoms with Crippen LogP contribution in [-0.2, 0) is 17.9 Å². The van der Waals surface area contributed by atoms with E-state index in [1.807, 2.05) is 49.4 Å². The molecular weight excluding hydrogens is 416 g/mol. The molecule has 0 aliphatic carbocycles. The van der Waals surface area contributed by atoms with E-state index in [0.29, 0.717) is 16.4 Å². The maximum absolute atomic E-state index is 12.4. The number of hydrogen-bond acceptors (Lipinski definition) is 5. The maximum Gasteiger partial charge on any atom is 0.259 e. The van der Waals surface area contributed by atoms with Crippen LogP contribution in [0.4, 0.5) is 0 Å². The summed E-state index contributed by atoms with van der Waals surface area (Å²) in [5.41, 5.74) is 2.95. The summed E-state index contributed by atoms with van der Waals surface area (Å²) in [5, 5.41) is 7.37. The van der Waals surface area contributed by atoms with Crippen LogP contribution in [0.3, 0.4) is 0 Å². The normalized spacial score (nSPS) is 10.8. The second-order valence-electron chi connectivity index (χ2n) is 7.04. The summed E-state index contributed by atoms with van der Waals surface area (Å²) < 4.78 is 6.67. The fourth-order valence-corrected chi connectivity index (χ4v) is 3.27. The molecule has 31 heavy (non-hydrogen) atoms. The summed E-state index contributed by atoms with van der Waals surface area (Å²) in [4.78, 5) is 29.0. The van der Waals surface area contributed by atoms with E-state index in [0.717, 1.165) is 16.7 Å². The minimum atomic E-state index is -0.315. The molecule has 7 nitrogen and oxygen atoms in total. The lowest BCUT2D eigenvalue weighted by atomic mass is 10.1. The van der Waals surface area contributed by atoms with Gasteiger partial charge in [-0.05, 0) is 30.7 Å². The first-order chi connectivity index (χ1) is 15.0. The van der Waals surface area contributed by atoms with Gasteiger partial charge in [0, 0.05) is 29.4 Å². The van der Waals surface area contributed by atoms with Crippen LogP contribution in [0.1, 0.15) is 11.1 Å². The summed E-state index contributed by atoms with van der Waals surface area (Å²) in [5.74, 6) is 0.404. The molecule has 2 aromatic carbocycles. The van der Waals surface area contributed by atoms with Gasteiger partial charge in [0.15, 0.2) is 0 Å². The summed E-state index contributed by atoms with van der Waals surface area (Å²) in [6, 6.07) is 18.0. The Morgan fingerprint density at radius 2 is 1.94 bits per heavy atom. The number of hydrogen-bond donors (Lipinski definition) is 1. The molecule has 156 valence electrons. The number of halogens is 1. The van der Waals surface area contributed by atoms with Crippen molar-refractivity contribution in [3.63, 3.8) is 0 Å². The van der Waals surface area contributed by atoms with Crippen LogP contribution in [0.5, 0.6) is 0 Å². The second kappa shape index (κ2) is 8.97. The van der Waals surface area contributed by atoms with Crippen LogP contribution in [0.15, 0.2) is 76.2 Å². The average Bonchev–Trinajstić information content (AvgIpc) is 3.25. The van der Waals surface area contributed by atoms with Crippen molar-refractivity contribution in [2.24, 2.45) is 0 Å². The SMILES string of the molecule is Cc1cccc(-c2noc(-c3ccc(=O)n(CC(=O)NCc4ccccc4Cl)c3)n2)c1. The zero-order chi connectivity index (χ0) is 21.8. The molecular formula is C23H19ClN4O3. The van der Waals surface area contributed by atoms with Crippen molar-refractivity contribution in [2.45, 2.75) is 20.0 Å². The van der Waals surface area contributed by atoms with Gasteiger partial charge >= 0.3 is 0 Å². The standard InChI is InChI=1S/C23H19ClN4O3/c1-15-5-4-7-16(11-15)22-26-23(31-27-22)18-9-10-21(30)28(13-18)14-20(29)25-12-17-6-2-3-8-19(17)24/h2-11,13H,12,14H2,1H3,(H,25,29). The highest BCUT2D eigenvalue weighted by atomic mass is 35.5. The first kappa shape index (κ1) is 20.6. The zero-order valence-electron chi connectivity index (χ0n) is 16.7. The molecule has 2 heterocycles. The van der Waals surface area contributed by atoms with E-state index in [2.05, 4.69) is 15.5 Å². The second-order valence-corrected chi connectivity index (χ2v) is 7.45. The number of carbonyl (C=O) groups is 1. The van der Waals surface area contributed by atoms with Crippen LogP contribution in [0.2, 0.25) is 5.02 Å². The Bertz CT molecular complexity index is 1300. The minimum absolute atomic E-state index is 0.143. The molecule has 0 aliphatic heterocycles. The third-order valence-electron chi connectivity index (χ3n) is 4.68. The highest BCUT2D eigenvalue weighted by Gasteiger charge is 2.13. The topological polar surface area (TPSA) is 90.0 Å². The van der Waals surface area contributed by atoms with Crippen LogP contribution >= 0.6 is 11.6 Å². The Hall–Kier alpha value is -3.71. The number of benzene rings is 2. The first-order valence-corrected chi connectivity index (χ1v) is 9.99. The third-order valence-corrected chi connectivity index (χ3v) is 5.05. The number of nitrogens with one attached hydrogen (secondary N) is 1. The largest absolute Gasteiger partial charge is 0.350 e. The van der Waals surface area contributed by atoms with Crippen molar-refractivity contribution in [1.82, 2.24) is 20.0 Å². The first-order valence-electron chi connectivity index (χ1n) is 9.61. The number of aryl methyl sites for hydroxylation is 1. The molecule has 4 aromatic rings. The van der Waals surface area contributed by atoms with Crippen molar-refractivity contribution in [2.75, 3.05) is 0 Å². The molecule has 1 amide bonds. The lowest BCUT2D eigenvalue weighted by Crippen LogP contribution is -2.31. The molecule has 2 aromatic heterocycles. The van der Waals surface area contributed by atoms with Crippen LogP contribution in [0.25, 0.3) is 22.8 Å². The van der Waals surface area contributed by atoms with E-state index >= 15 is 0 Å². The van der Waals surface area contributed by atoms with Gasteiger partial charge in [-0.25, -0.2) is 0 Å². The quantitative estimate of drug-likeness (QED) is 0.498. The summed E-state index contributed by atoms with van der Waals surface area (Å²) in [7, 11) is 0. The number of carbonyl (C=O) groups excluding carboxylic acids is 1. The Kier molecular flexibility index (Phi) is 5.95. The van der Waals surface area contributed by atoms with E-state index in [-0.39, 0.29) is 30.4 Å². The number of amides is 1. The van der Waals surface area contributed by atoms with E-state index in [4.69, 9.17) is 16.1 Å². The zero-order valence-corrected chi connectivity index (χ0v) is 17.5. The molecule has 0 spiro atoms. The highest BCUT2D eigenvalue weighted by molar-refractivity contribution is 6.31. The third kappa shape index (κ3) is 4.90. The molecule has 0 atom stereocenters. The van der Waals surface area contributed by atoms with E-state index in [1.165, 1.54) is 16.8 Å². The Balaban J connectivity index is 1.49. The van der Waals surface area contributed by atoms with Crippen molar-refractivity contribution in [3.8, 4) is 22.8 Å². The van der Waals surface area contributed by atoms with Crippen molar-refractivity contribution in [1.29, 1.82) is 0 Å². The van der Waals surface area contributed by atoms with Gasteiger partial charge in [-0.2, -0.15) is 4.98 Å².